The quantitative estimate of drug-likeness (QED) is 0.515. The van der Waals surface area contributed by atoms with Gasteiger partial charge in [0.05, 0.1) is 4.92 Å². The van der Waals surface area contributed by atoms with Crippen LogP contribution in [0, 0.1) is 10.1 Å². The normalized spacial score (nSPS) is 17.1. The number of hydrogen-bond donors (Lipinski definition) is 1. The van der Waals surface area contributed by atoms with Gasteiger partial charge in [0.15, 0.2) is 0 Å². The van der Waals surface area contributed by atoms with Crippen molar-refractivity contribution in [1.82, 2.24) is 5.32 Å². The highest BCUT2D eigenvalue weighted by molar-refractivity contribution is 6.30. The lowest BCUT2D eigenvalue weighted by Crippen LogP contribution is -2.28. The highest BCUT2D eigenvalue weighted by Gasteiger charge is 2.16. The number of nitro groups is 1. The molecule has 0 atom stereocenters. The van der Waals surface area contributed by atoms with E-state index in [9.17, 15) is 10.1 Å². The van der Waals surface area contributed by atoms with E-state index in [0.717, 1.165) is 12.8 Å². The van der Waals surface area contributed by atoms with Crippen molar-refractivity contribution in [3.05, 3.63) is 38.9 Å². The van der Waals surface area contributed by atoms with Crippen molar-refractivity contribution in [3.8, 4) is 0 Å². The summed E-state index contributed by atoms with van der Waals surface area (Å²) in [4.78, 5) is 10.6. The second kappa shape index (κ2) is 6.87. The zero-order chi connectivity index (χ0) is 13.7. The first kappa shape index (κ1) is 14.3. The second-order valence-corrected chi connectivity index (χ2v) is 5.54. The molecule has 2 rings (SSSR count). The van der Waals surface area contributed by atoms with Gasteiger partial charge in [0.2, 0.25) is 0 Å². The van der Waals surface area contributed by atoms with E-state index in [1.807, 2.05) is 0 Å². The molecule has 1 saturated carbocycles. The van der Waals surface area contributed by atoms with E-state index in [0.29, 0.717) is 23.2 Å². The van der Waals surface area contributed by atoms with Crippen molar-refractivity contribution in [1.29, 1.82) is 0 Å². The number of nitrogens with zero attached hydrogens (tertiary/aromatic N) is 1. The van der Waals surface area contributed by atoms with Gasteiger partial charge in [-0.1, -0.05) is 37.3 Å². The third-order valence-electron chi connectivity index (χ3n) is 3.67. The van der Waals surface area contributed by atoms with Crippen molar-refractivity contribution in [2.45, 2.75) is 51.1 Å². The van der Waals surface area contributed by atoms with Crippen LogP contribution in [0.2, 0.25) is 5.02 Å². The molecule has 0 saturated heterocycles. The van der Waals surface area contributed by atoms with Crippen molar-refractivity contribution in [2.24, 2.45) is 0 Å². The van der Waals surface area contributed by atoms with Crippen LogP contribution in [0.3, 0.4) is 0 Å². The van der Waals surface area contributed by atoms with Gasteiger partial charge in [0.1, 0.15) is 0 Å². The minimum atomic E-state index is -0.347. The summed E-state index contributed by atoms with van der Waals surface area (Å²) in [5.41, 5.74) is 0.812. The third-order valence-corrected chi connectivity index (χ3v) is 3.91. The van der Waals surface area contributed by atoms with E-state index in [-0.39, 0.29) is 10.6 Å². The number of hydrogen-bond acceptors (Lipinski definition) is 3. The molecular formula is C14H19ClN2O2. The first-order valence-corrected chi connectivity index (χ1v) is 7.21. The molecule has 1 aliphatic carbocycles. The Labute approximate surface area is 118 Å². The molecule has 104 valence electrons. The fourth-order valence-corrected chi connectivity index (χ4v) is 2.81. The summed E-state index contributed by atoms with van der Waals surface area (Å²) < 4.78 is 0. The number of halogens is 1. The summed E-state index contributed by atoms with van der Waals surface area (Å²) in [5.74, 6) is 0. The van der Waals surface area contributed by atoms with E-state index in [1.54, 1.807) is 12.1 Å². The number of benzene rings is 1. The number of nitrogens with one attached hydrogen (secondary N) is 1. The fourth-order valence-electron chi connectivity index (χ4n) is 2.61. The molecule has 0 unspecified atom stereocenters. The molecule has 0 heterocycles. The Morgan fingerprint density at radius 3 is 2.58 bits per heavy atom. The molecule has 0 aliphatic heterocycles. The van der Waals surface area contributed by atoms with Crippen molar-refractivity contribution < 1.29 is 4.92 Å². The first-order chi connectivity index (χ1) is 9.16. The van der Waals surface area contributed by atoms with Crippen LogP contribution < -0.4 is 5.32 Å². The molecule has 1 aromatic rings. The maximum Gasteiger partial charge on any atom is 0.273 e. The van der Waals surface area contributed by atoms with E-state index < -0.39 is 0 Å². The first-order valence-electron chi connectivity index (χ1n) is 6.83. The zero-order valence-corrected chi connectivity index (χ0v) is 11.7. The summed E-state index contributed by atoms with van der Waals surface area (Å²) in [6.45, 7) is 0.515. The predicted octanol–water partition coefficient (Wildman–Crippen LogP) is 4.06. The predicted molar refractivity (Wildman–Crippen MR) is 76.4 cm³/mol. The molecule has 1 fully saturated rings. The Balaban J connectivity index is 2.01. The minimum Gasteiger partial charge on any atom is -0.310 e. The molecule has 5 heteroatoms. The van der Waals surface area contributed by atoms with E-state index in [1.165, 1.54) is 31.7 Å². The van der Waals surface area contributed by atoms with Gasteiger partial charge < -0.3 is 5.32 Å². The highest BCUT2D eigenvalue weighted by Crippen LogP contribution is 2.23. The maximum atomic E-state index is 11.0. The van der Waals surface area contributed by atoms with Crippen LogP contribution in [0.1, 0.15) is 44.1 Å². The molecule has 1 aromatic carbocycles. The van der Waals surface area contributed by atoms with Crippen LogP contribution in [0.5, 0.6) is 0 Å². The largest absolute Gasteiger partial charge is 0.310 e. The molecular weight excluding hydrogens is 264 g/mol. The lowest BCUT2D eigenvalue weighted by Gasteiger charge is -2.16. The summed E-state index contributed by atoms with van der Waals surface area (Å²) in [5, 5.41) is 15.0. The Bertz CT molecular complexity index is 443. The molecule has 0 aromatic heterocycles. The lowest BCUT2D eigenvalue weighted by molar-refractivity contribution is -0.385. The summed E-state index contributed by atoms with van der Waals surface area (Å²) in [6.07, 6.45) is 7.42. The number of rotatable bonds is 4. The molecule has 0 bridgehead atoms. The van der Waals surface area contributed by atoms with Crippen LogP contribution in [0.4, 0.5) is 5.69 Å². The van der Waals surface area contributed by atoms with Crippen LogP contribution >= 0.6 is 11.6 Å². The zero-order valence-electron chi connectivity index (χ0n) is 10.9. The average Bonchev–Trinajstić information content (AvgIpc) is 2.64. The Morgan fingerprint density at radius 2 is 1.95 bits per heavy atom. The monoisotopic (exact) mass is 282 g/mol. The van der Waals surface area contributed by atoms with Crippen LogP contribution in [0.15, 0.2) is 18.2 Å². The maximum absolute atomic E-state index is 11.0. The van der Waals surface area contributed by atoms with Gasteiger partial charge in [-0.3, -0.25) is 10.1 Å². The standard InChI is InChI=1S/C14H19ClN2O2/c15-12-7-8-14(17(18)19)11(9-12)10-16-13-5-3-1-2-4-6-13/h7-9,13,16H,1-6,10H2. The molecule has 0 radical (unpaired) electrons. The summed E-state index contributed by atoms with van der Waals surface area (Å²) >= 11 is 5.92. The molecule has 4 nitrogen and oxygen atoms in total. The summed E-state index contributed by atoms with van der Waals surface area (Å²) in [7, 11) is 0. The Hall–Kier alpha value is -1.13. The van der Waals surface area contributed by atoms with Crippen molar-refractivity contribution >= 4 is 17.3 Å². The van der Waals surface area contributed by atoms with E-state index in [2.05, 4.69) is 5.32 Å². The smallest absolute Gasteiger partial charge is 0.273 e. The molecule has 1 aliphatic rings. The van der Waals surface area contributed by atoms with Crippen LogP contribution in [-0.4, -0.2) is 11.0 Å². The second-order valence-electron chi connectivity index (χ2n) is 5.10. The van der Waals surface area contributed by atoms with Crippen molar-refractivity contribution in [3.63, 3.8) is 0 Å². The lowest BCUT2D eigenvalue weighted by atomic mass is 10.1. The van der Waals surface area contributed by atoms with Gasteiger partial charge in [0.25, 0.3) is 5.69 Å². The van der Waals surface area contributed by atoms with Gasteiger partial charge >= 0.3 is 0 Å². The Kier molecular flexibility index (Phi) is 5.16. The Morgan fingerprint density at radius 1 is 1.26 bits per heavy atom. The van der Waals surface area contributed by atoms with Crippen molar-refractivity contribution in [2.75, 3.05) is 0 Å². The molecule has 19 heavy (non-hydrogen) atoms. The average molecular weight is 283 g/mol. The van der Waals surface area contributed by atoms with Gasteiger partial charge in [-0.25, -0.2) is 0 Å². The SMILES string of the molecule is O=[N+]([O-])c1ccc(Cl)cc1CNC1CCCCCC1. The molecule has 0 spiro atoms. The summed E-state index contributed by atoms with van der Waals surface area (Å²) in [6, 6.07) is 5.20. The molecule has 0 amide bonds. The third kappa shape index (κ3) is 4.18. The van der Waals surface area contributed by atoms with E-state index in [4.69, 9.17) is 11.6 Å². The van der Waals surface area contributed by atoms with Crippen LogP contribution in [0.25, 0.3) is 0 Å². The van der Waals surface area contributed by atoms with Gasteiger partial charge in [-0.2, -0.15) is 0 Å². The van der Waals surface area contributed by atoms with Crippen LogP contribution in [-0.2, 0) is 6.54 Å². The topological polar surface area (TPSA) is 55.2 Å². The molecule has 1 N–H and O–H groups in total. The minimum absolute atomic E-state index is 0.144. The number of nitro benzene ring substituents is 1. The van der Waals surface area contributed by atoms with Gasteiger partial charge in [-0.15, -0.1) is 0 Å². The van der Waals surface area contributed by atoms with Gasteiger partial charge in [0, 0.05) is 29.2 Å². The fraction of sp³-hybridized carbons (Fsp3) is 0.571. The highest BCUT2D eigenvalue weighted by atomic mass is 35.5. The van der Waals surface area contributed by atoms with E-state index >= 15 is 0 Å². The van der Waals surface area contributed by atoms with Gasteiger partial charge in [-0.05, 0) is 25.0 Å².